The number of fused-ring (bicyclic) bond motifs is 3. The van der Waals surface area contributed by atoms with Crippen LogP contribution >= 0.6 is 0 Å². The molecule has 3 aliphatic heterocycles. The summed E-state index contributed by atoms with van der Waals surface area (Å²) in [4.78, 5) is 26.0. The maximum absolute atomic E-state index is 12.0. The Hall–Kier alpha value is -1.68. The summed E-state index contributed by atoms with van der Waals surface area (Å²) in [5.74, 6) is -5.07. The van der Waals surface area contributed by atoms with Gasteiger partial charge in [-0.05, 0) is 27.7 Å². The minimum atomic E-state index is -1.43. The van der Waals surface area contributed by atoms with E-state index in [9.17, 15) is 9.59 Å². The van der Waals surface area contributed by atoms with Gasteiger partial charge < -0.3 is 34.0 Å². The summed E-state index contributed by atoms with van der Waals surface area (Å²) < 4.78 is 34.5. The van der Waals surface area contributed by atoms with Crippen LogP contribution in [0.3, 0.4) is 0 Å². The number of hydrogen-bond donors (Lipinski definition) is 0. The molecule has 10 heteroatoms. The largest absolute Gasteiger partial charge is 0.451 e. The third-order valence-electron chi connectivity index (χ3n) is 4.31. The number of nitrogens with zero attached hydrogens (tertiary/aromatic N) is 2. The molecule has 144 valence electrons. The fourth-order valence-electron chi connectivity index (χ4n) is 3.44. The smallest absolute Gasteiger partial charge is 0.441 e. The van der Waals surface area contributed by atoms with Gasteiger partial charge in [-0.2, -0.15) is 4.79 Å². The minimum Gasteiger partial charge on any atom is -0.451 e. The fourth-order valence-corrected chi connectivity index (χ4v) is 3.44. The van der Waals surface area contributed by atoms with Gasteiger partial charge in [0.1, 0.15) is 24.9 Å². The van der Waals surface area contributed by atoms with Gasteiger partial charge in [-0.15, -0.1) is 0 Å². The molecule has 4 atom stereocenters. The Morgan fingerprint density at radius 1 is 1.15 bits per heavy atom. The third-order valence-corrected chi connectivity index (χ3v) is 4.31. The first-order valence-corrected chi connectivity index (χ1v) is 8.26. The first kappa shape index (κ1) is 19.1. The number of ether oxygens (including phenoxy) is 6. The zero-order valence-corrected chi connectivity index (χ0v) is 15.3. The van der Waals surface area contributed by atoms with E-state index in [1.54, 1.807) is 27.7 Å². The number of ketones is 1. The van der Waals surface area contributed by atoms with E-state index in [4.69, 9.17) is 34.0 Å². The van der Waals surface area contributed by atoms with E-state index in [2.05, 4.69) is 4.79 Å². The normalized spacial score (nSPS) is 36.6. The first-order valence-electron chi connectivity index (χ1n) is 8.26. The van der Waals surface area contributed by atoms with E-state index in [1.165, 1.54) is 0 Å². The number of esters is 1. The van der Waals surface area contributed by atoms with Crippen molar-refractivity contribution in [2.75, 3.05) is 13.2 Å². The highest BCUT2D eigenvalue weighted by atomic mass is 16.9. The highest BCUT2D eigenvalue weighted by Crippen LogP contribution is 2.47. The molecule has 3 heterocycles. The second kappa shape index (κ2) is 6.19. The summed E-state index contributed by atoms with van der Waals surface area (Å²) in [5, 5.41) is 0. The molecule has 0 aromatic rings. The van der Waals surface area contributed by atoms with E-state index in [0.29, 0.717) is 0 Å². The maximum atomic E-state index is 12.0. The van der Waals surface area contributed by atoms with E-state index >= 15 is 0 Å². The van der Waals surface area contributed by atoms with Crippen molar-refractivity contribution in [2.45, 2.75) is 70.3 Å². The Bertz CT molecular complexity index is 684. The van der Waals surface area contributed by atoms with Crippen molar-refractivity contribution >= 4 is 17.5 Å². The second-order valence-electron chi connectivity index (χ2n) is 7.38. The van der Waals surface area contributed by atoms with Crippen molar-refractivity contribution in [2.24, 2.45) is 0 Å². The molecule has 3 aliphatic rings. The average molecular weight is 370 g/mol. The molecule has 0 amide bonds. The molecule has 26 heavy (non-hydrogen) atoms. The summed E-state index contributed by atoms with van der Waals surface area (Å²) in [5.41, 5.74) is 8.08. The molecule has 0 aliphatic carbocycles. The monoisotopic (exact) mass is 370 g/mol. The predicted molar refractivity (Wildman–Crippen MR) is 82.8 cm³/mol. The minimum absolute atomic E-state index is 0.148. The van der Waals surface area contributed by atoms with E-state index in [0.717, 1.165) is 6.92 Å². The summed E-state index contributed by atoms with van der Waals surface area (Å²) >= 11 is 0. The van der Waals surface area contributed by atoms with Crippen LogP contribution in [0, 0.1) is 0 Å². The van der Waals surface area contributed by atoms with Crippen molar-refractivity contribution < 1.29 is 42.8 Å². The summed E-state index contributed by atoms with van der Waals surface area (Å²) in [7, 11) is 0. The zero-order valence-electron chi connectivity index (χ0n) is 15.3. The van der Waals surface area contributed by atoms with E-state index in [-0.39, 0.29) is 19.3 Å². The van der Waals surface area contributed by atoms with Crippen LogP contribution in [0.15, 0.2) is 0 Å². The van der Waals surface area contributed by atoms with Crippen molar-refractivity contribution in [3.63, 3.8) is 0 Å². The van der Waals surface area contributed by atoms with Crippen molar-refractivity contribution in [1.82, 2.24) is 0 Å². The summed E-state index contributed by atoms with van der Waals surface area (Å²) in [6.45, 7) is 7.82. The molecule has 0 unspecified atom stereocenters. The lowest BCUT2D eigenvalue weighted by Gasteiger charge is -2.39. The standard InChI is InChI=1S/C16H22N2O8/c1-8(19)10(18-17)13(20)21-7-16-12(25-15(4,5)26-16)11-9(6-22-16)23-14(2,3)24-11/h9,11-12H,6-7H2,1-5H3/t9-,11-,12+,16+/m1/s1. The van der Waals surface area contributed by atoms with Crippen molar-refractivity contribution in [3.05, 3.63) is 5.53 Å². The lowest BCUT2D eigenvalue weighted by atomic mass is 9.97. The molecule has 3 fully saturated rings. The summed E-state index contributed by atoms with van der Waals surface area (Å²) in [6, 6.07) is 0. The van der Waals surface area contributed by atoms with Crippen molar-refractivity contribution in [3.8, 4) is 0 Å². The van der Waals surface area contributed by atoms with Gasteiger partial charge in [0, 0.05) is 6.92 Å². The molecule has 10 nitrogen and oxygen atoms in total. The Kier molecular flexibility index (Phi) is 4.55. The van der Waals surface area contributed by atoms with Crippen LogP contribution in [-0.4, -0.2) is 71.1 Å². The van der Waals surface area contributed by atoms with Crippen LogP contribution in [0.5, 0.6) is 0 Å². The van der Waals surface area contributed by atoms with Crippen LogP contribution in [0.2, 0.25) is 0 Å². The number of rotatable bonds is 4. The maximum Gasteiger partial charge on any atom is 0.441 e. The molecular weight excluding hydrogens is 348 g/mol. The summed E-state index contributed by atoms with van der Waals surface area (Å²) in [6.07, 6.45) is -1.57. The molecule has 0 N–H and O–H groups in total. The predicted octanol–water partition coefficient (Wildman–Crippen LogP) is 0.188. The van der Waals surface area contributed by atoms with Crippen molar-refractivity contribution in [1.29, 1.82) is 0 Å². The highest BCUT2D eigenvalue weighted by Gasteiger charge is 2.66. The highest BCUT2D eigenvalue weighted by molar-refractivity contribution is 6.61. The van der Waals surface area contributed by atoms with Gasteiger partial charge in [-0.25, -0.2) is 4.79 Å². The second-order valence-corrected chi connectivity index (χ2v) is 7.38. The van der Waals surface area contributed by atoms with Gasteiger partial charge in [0.05, 0.1) is 6.61 Å². The zero-order chi connectivity index (χ0) is 19.3. The quantitative estimate of drug-likeness (QED) is 0.226. The van der Waals surface area contributed by atoms with Crippen LogP contribution in [0.25, 0.3) is 5.53 Å². The van der Waals surface area contributed by atoms with E-state index < -0.39 is 47.0 Å². The lowest BCUT2D eigenvalue weighted by Crippen LogP contribution is -2.60. The molecule has 0 saturated carbocycles. The molecule has 0 radical (unpaired) electrons. The Balaban J connectivity index is 1.81. The molecule has 0 spiro atoms. The topological polar surface area (TPSA) is 126 Å². The van der Waals surface area contributed by atoms with Crippen LogP contribution in [0.4, 0.5) is 0 Å². The number of hydrogen-bond acceptors (Lipinski definition) is 8. The molecular formula is C16H22N2O8. The fraction of sp³-hybridized carbons (Fsp3) is 0.812. The Morgan fingerprint density at radius 3 is 2.46 bits per heavy atom. The SMILES string of the molecule is CC(=O)C(=[N+]=[N-])C(=O)OC[C@@]12OC[C@H]3OC(C)(C)O[C@H]3[C@@H]1OC(C)(C)O2. The molecule has 3 rings (SSSR count). The Morgan fingerprint density at radius 2 is 1.85 bits per heavy atom. The van der Waals surface area contributed by atoms with Crippen LogP contribution in [-0.2, 0) is 38.0 Å². The first-order chi connectivity index (χ1) is 12.0. The number of Topliss-reactive ketones (excluding diaryl/α,β-unsaturated/α-hetero) is 1. The molecule has 3 saturated heterocycles. The Labute approximate surface area is 150 Å². The van der Waals surface area contributed by atoms with Gasteiger partial charge in [0.2, 0.25) is 11.6 Å². The molecule has 0 aromatic heterocycles. The number of carbonyl (C=O) groups is 2. The van der Waals surface area contributed by atoms with Gasteiger partial charge in [-0.3, -0.25) is 4.79 Å². The third kappa shape index (κ3) is 3.32. The van der Waals surface area contributed by atoms with E-state index in [1.807, 2.05) is 0 Å². The molecule has 0 aromatic carbocycles. The lowest BCUT2D eigenvalue weighted by molar-refractivity contribution is -0.295. The van der Waals surface area contributed by atoms with Gasteiger partial charge in [-0.1, -0.05) is 0 Å². The van der Waals surface area contributed by atoms with Gasteiger partial charge in [0.25, 0.3) is 0 Å². The van der Waals surface area contributed by atoms with Gasteiger partial charge >= 0.3 is 11.7 Å². The van der Waals surface area contributed by atoms with Crippen LogP contribution in [0.1, 0.15) is 34.6 Å². The average Bonchev–Trinajstić information content (AvgIpc) is 2.97. The molecule has 0 bridgehead atoms. The van der Waals surface area contributed by atoms with Gasteiger partial charge in [0.15, 0.2) is 11.6 Å². The number of carbonyl (C=O) groups excluding carboxylic acids is 2. The van der Waals surface area contributed by atoms with Crippen LogP contribution < -0.4 is 0 Å².